The maximum Gasteiger partial charge on any atom is 0.216 e. The molecule has 5 rings (SSSR count). The highest BCUT2D eigenvalue weighted by atomic mass is 16.3. The van der Waals surface area contributed by atoms with Crippen LogP contribution in [0.3, 0.4) is 0 Å². The van der Waals surface area contributed by atoms with Gasteiger partial charge in [-0.05, 0) is 43.2 Å². The van der Waals surface area contributed by atoms with Gasteiger partial charge in [0.2, 0.25) is 5.69 Å². The summed E-state index contributed by atoms with van der Waals surface area (Å²) in [5.41, 5.74) is 8.79. The van der Waals surface area contributed by atoms with Crippen molar-refractivity contribution >= 4 is 21.9 Å². The first-order chi connectivity index (χ1) is 14.6. The van der Waals surface area contributed by atoms with Gasteiger partial charge in [-0.2, -0.15) is 5.26 Å². The molecule has 30 heavy (non-hydrogen) atoms. The van der Waals surface area contributed by atoms with Crippen LogP contribution in [0.15, 0.2) is 77.3 Å². The number of pyridine rings is 1. The standard InChI is InChI=1S/C27H21N2O/c1-17-7-10-19(11-8-17)21-14-12-20(16-28)25-22-13-9-18(2)24(27(22)30-26(21)25)23-6-4-5-15-29(23)3/h4-15H,1-3H3/q+1. The van der Waals surface area contributed by atoms with E-state index in [0.29, 0.717) is 5.56 Å². The van der Waals surface area contributed by atoms with Crippen LogP contribution in [0.4, 0.5) is 0 Å². The van der Waals surface area contributed by atoms with Crippen molar-refractivity contribution in [3.8, 4) is 28.5 Å². The quantitative estimate of drug-likeness (QED) is 0.336. The molecule has 3 heteroatoms. The Morgan fingerprint density at radius 1 is 0.867 bits per heavy atom. The second-order valence-electron chi connectivity index (χ2n) is 7.78. The lowest BCUT2D eigenvalue weighted by Crippen LogP contribution is -2.30. The van der Waals surface area contributed by atoms with Crippen LogP contribution in [0, 0.1) is 25.2 Å². The van der Waals surface area contributed by atoms with Gasteiger partial charge in [0.05, 0.1) is 17.2 Å². The van der Waals surface area contributed by atoms with Crippen LogP contribution in [-0.2, 0) is 7.05 Å². The lowest BCUT2D eigenvalue weighted by atomic mass is 9.96. The van der Waals surface area contributed by atoms with Gasteiger partial charge in [0, 0.05) is 28.5 Å². The third kappa shape index (κ3) is 2.69. The van der Waals surface area contributed by atoms with Gasteiger partial charge in [-0.3, -0.25) is 0 Å². The predicted octanol–water partition coefficient (Wildman–Crippen LogP) is 6.23. The Kier molecular flexibility index (Phi) is 4.15. The lowest BCUT2D eigenvalue weighted by molar-refractivity contribution is -0.660. The van der Waals surface area contributed by atoms with E-state index in [0.717, 1.165) is 49.9 Å². The van der Waals surface area contributed by atoms with Crippen molar-refractivity contribution in [2.45, 2.75) is 13.8 Å². The van der Waals surface area contributed by atoms with E-state index in [2.05, 4.69) is 66.9 Å². The number of aryl methyl sites for hydroxylation is 3. The van der Waals surface area contributed by atoms with E-state index in [1.54, 1.807) is 0 Å². The van der Waals surface area contributed by atoms with Gasteiger partial charge in [-0.1, -0.05) is 42.0 Å². The summed E-state index contributed by atoms with van der Waals surface area (Å²) in [5.74, 6) is 0. The maximum absolute atomic E-state index is 9.80. The molecule has 0 aliphatic heterocycles. The van der Waals surface area contributed by atoms with Crippen molar-refractivity contribution in [1.82, 2.24) is 0 Å². The van der Waals surface area contributed by atoms with Crippen molar-refractivity contribution in [3.05, 3.63) is 89.6 Å². The van der Waals surface area contributed by atoms with Crippen LogP contribution in [0.25, 0.3) is 44.3 Å². The molecule has 0 bridgehead atoms. The molecule has 0 unspecified atom stereocenters. The minimum atomic E-state index is 0.631. The summed E-state index contributed by atoms with van der Waals surface area (Å²) >= 11 is 0. The fourth-order valence-electron chi connectivity index (χ4n) is 4.20. The molecule has 5 aromatic rings. The largest absolute Gasteiger partial charge is 0.454 e. The molecule has 0 fully saturated rings. The summed E-state index contributed by atoms with van der Waals surface area (Å²) in [7, 11) is 2.04. The predicted molar refractivity (Wildman–Crippen MR) is 120 cm³/mol. The highest BCUT2D eigenvalue weighted by molar-refractivity contribution is 6.15. The zero-order chi connectivity index (χ0) is 20.8. The second kappa shape index (κ2) is 6.86. The zero-order valence-electron chi connectivity index (χ0n) is 17.2. The van der Waals surface area contributed by atoms with Gasteiger partial charge < -0.3 is 4.42 Å². The van der Waals surface area contributed by atoms with Crippen LogP contribution in [0.1, 0.15) is 16.7 Å². The number of rotatable bonds is 2. The normalized spacial score (nSPS) is 11.1. The Morgan fingerprint density at radius 3 is 2.40 bits per heavy atom. The molecular formula is C27H21N2O+. The second-order valence-corrected chi connectivity index (χ2v) is 7.78. The Labute approximate surface area is 175 Å². The fourth-order valence-corrected chi connectivity index (χ4v) is 4.20. The van der Waals surface area contributed by atoms with Gasteiger partial charge in [-0.15, -0.1) is 0 Å². The van der Waals surface area contributed by atoms with Crippen molar-refractivity contribution in [3.63, 3.8) is 0 Å². The molecule has 2 heterocycles. The third-order valence-electron chi connectivity index (χ3n) is 5.79. The number of nitrogens with zero attached hydrogens (tertiary/aromatic N) is 2. The molecule has 3 aromatic carbocycles. The van der Waals surface area contributed by atoms with Crippen LogP contribution >= 0.6 is 0 Å². The SMILES string of the molecule is Cc1ccc(-c2ccc(C#N)c3c2oc2c(-c4cccc[n+]4C)c(C)ccc23)cc1. The third-order valence-corrected chi connectivity index (χ3v) is 5.79. The van der Waals surface area contributed by atoms with Crippen molar-refractivity contribution in [1.29, 1.82) is 5.26 Å². The minimum absolute atomic E-state index is 0.631. The van der Waals surface area contributed by atoms with Crippen molar-refractivity contribution in [2.75, 3.05) is 0 Å². The smallest absolute Gasteiger partial charge is 0.216 e. The Morgan fingerprint density at radius 2 is 1.67 bits per heavy atom. The summed E-state index contributed by atoms with van der Waals surface area (Å²) in [5, 5.41) is 11.7. The Balaban J connectivity index is 1.93. The average molecular weight is 389 g/mol. The molecule has 0 spiro atoms. The molecule has 2 aromatic heterocycles. The first-order valence-electron chi connectivity index (χ1n) is 9.99. The van der Waals surface area contributed by atoms with Crippen LogP contribution in [-0.4, -0.2) is 0 Å². The number of hydrogen-bond donors (Lipinski definition) is 0. The number of furan rings is 1. The fraction of sp³-hybridized carbons (Fsp3) is 0.111. The van der Waals surface area contributed by atoms with Gasteiger partial charge in [-0.25, -0.2) is 4.57 Å². The molecule has 0 amide bonds. The van der Waals surface area contributed by atoms with E-state index in [-0.39, 0.29) is 0 Å². The van der Waals surface area contributed by atoms with Crippen LogP contribution < -0.4 is 4.57 Å². The molecule has 0 aliphatic rings. The first-order valence-corrected chi connectivity index (χ1v) is 9.99. The van der Waals surface area contributed by atoms with Crippen LogP contribution in [0.2, 0.25) is 0 Å². The summed E-state index contributed by atoms with van der Waals surface area (Å²) < 4.78 is 8.67. The number of nitriles is 1. The monoisotopic (exact) mass is 389 g/mol. The number of benzene rings is 3. The van der Waals surface area contributed by atoms with Crippen molar-refractivity contribution in [2.24, 2.45) is 7.05 Å². The number of aromatic nitrogens is 1. The zero-order valence-corrected chi connectivity index (χ0v) is 17.2. The maximum atomic E-state index is 9.80. The van der Waals surface area contributed by atoms with E-state index >= 15 is 0 Å². The van der Waals surface area contributed by atoms with Crippen molar-refractivity contribution < 1.29 is 8.98 Å². The van der Waals surface area contributed by atoms with E-state index in [1.807, 2.05) is 37.5 Å². The molecule has 144 valence electrons. The molecular weight excluding hydrogens is 368 g/mol. The number of hydrogen-bond acceptors (Lipinski definition) is 2. The lowest BCUT2D eigenvalue weighted by Gasteiger charge is -2.05. The summed E-state index contributed by atoms with van der Waals surface area (Å²) in [6.45, 7) is 4.18. The molecule has 0 radical (unpaired) electrons. The van der Waals surface area contributed by atoms with E-state index in [9.17, 15) is 5.26 Å². The number of fused-ring (bicyclic) bond motifs is 3. The minimum Gasteiger partial charge on any atom is -0.454 e. The molecule has 0 atom stereocenters. The van der Waals surface area contributed by atoms with Gasteiger partial charge in [0.1, 0.15) is 18.2 Å². The first kappa shape index (κ1) is 18.1. The van der Waals surface area contributed by atoms with Crippen LogP contribution in [0.5, 0.6) is 0 Å². The summed E-state index contributed by atoms with van der Waals surface area (Å²) in [6.07, 6.45) is 2.04. The molecule has 0 saturated heterocycles. The topological polar surface area (TPSA) is 40.8 Å². The van der Waals surface area contributed by atoms with Gasteiger partial charge >= 0.3 is 0 Å². The van der Waals surface area contributed by atoms with E-state index in [1.165, 1.54) is 5.56 Å². The summed E-state index contributed by atoms with van der Waals surface area (Å²) in [4.78, 5) is 0. The van der Waals surface area contributed by atoms with Gasteiger partial charge in [0.15, 0.2) is 6.20 Å². The van der Waals surface area contributed by atoms with E-state index < -0.39 is 0 Å². The molecule has 0 aliphatic carbocycles. The highest BCUT2D eigenvalue weighted by Crippen LogP contribution is 2.41. The Bertz CT molecular complexity index is 1470. The molecule has 0 saturated carbocycles. The molecule has 0 N–H and O–H groups in total. The molecule has 3 nitrogen and oxygen atoms in total. The Hall–Kier alpha value is -3.90. The highest BCUT2D eigenvalue weighted by Gasteiger charge is 2.23. The van der Waals surface area contributed by atoms with E-state index in [4.69, 9.17) is 4.42 Å². The van der Waals surface area contributed by atoms with Gasteiger partial charge in [0.25, 0.3) is 0 Å². The average Bonchev–Trinajstić information content (AvgIpc) is 3.14. The summed E-state index contributed by atoms with van der Waals surface area (Å²) in [6, 6.07) is 25.0.